The summed E-state index contributed by atoms with van der Waals surface area (Å²) in [7, 11) is 0. The minimum absolute atomic E-state index is 0.00652. The molecule has 2 heterocycles. The van der Waals surface area contributed by atoms with Gasteiger partial charge in [0.2, 0.25) is 11.8 Å². The Bertz CT molecular complexity index is 833. The number of hydrogen-bond donors (Lipinski definition) is 2. The predicted molar refractivity (Wildman–Crippen MR) is 100 cm³/mol. The molecule has 2 aromatic rings. The van der Waals surface area contributed by atoms with E-state index in [1.54, 1.807) is 40.9 Å². The van der Waals surface area contributed by atoms with Crippen molar-refractivity contribution in [3.05, 3.63) is 29.1 Å². The van der Waals surface area contributed by atoms with Crippen molar-refractivity contribution in [1.29, 1.82) is 0 Å². The van der Waals surface area contributed by atoms with Gasteiger partial charge in [-0.15, -0.1) is 23.1 Å². The predicted octanol–water partition coefficient (Wildman–Crippen LogP) is 3.24. The van der Waals surface area contributed by atoms with Crippen molar-refractivity contribution < 1.29 is 19.5 Å². The SMILES string of the molecule is CCCC(=O)N1CSCC1C(=O)Nc1ccc2sc(C(=O)O)cc2c1. The van der Waals surface area contributed by atoms with Crippen molar-refractivity contribution in [3.8, 4) is 0 Å². The molecule has 0 radical (unpaired) electrons. The number of nitrogens with one attached hydrogen (secondary N) is 1. The number of carboxylic acids is 1. The van der Waals surface area contributed by atoms with Crippen LogP contribution in [0.3, 0.4) is 0 Å². The number of benzene rings is 1. The van der Waals surface area contributed by atoms with E-state index in [4.69, 9.17) is 5.11 Å². The van der Waals surface area contributed by atoms with Crippen LogP contribution < -0.4 is 5.32 Å². The second-order valence-electron chi connectivity index (χ2n) is 5.79. The maximum absolute atomic E-state index is 12.6. The number of carbonyl (C=O) groups is 3. The maximum Gasteiger partial charge on any atom is 0.345 e. The summed E-state index contributed by atoms with van der Waals surface area (Å²) in [6.07, 6.45) is 1.21. The first-order valence-corrected chi connectivity index (χ1v) is 9.91. The molecule has 1 saturated heterocycles. The zero-order valence-corrected chi connectivity index (χ0v) is 15.3. The molecular formula is C17H18N2O4S2. The molecule has 0 aliphatic carbocycles. The lowest BCUT2D eigenvalue weighted by molar-refractivity contribution is -0.136. The van der Waals surface area contributed by atoms with Gasteiger partial charge >= 0.3 is 5.97 Å². The van der Waals surface area contributed by atoms with Crippen molar-refractivity contribution >= 4 is 56.7 Å². The minimum Gasteiger partial charge on any atom is -0.477 e. The molecule has 0 saturated carbocycles. The lowest BCUT2D eigenvalue weighted by Gasteiger charge is -2.23. The molecule has 1 aromatic carbocycles. The number of thiophene rings is 1. The summed E-state index contributed by atoms with van der Waals surface area (Å²) >= 11 is 2.77. The van der Waals surface area contributed by atoms with Crippen LogP contribution in [0.25, 0.3) is 10.1 Å². The van der Waals surface area contributed by atoms with Gasteiger partial charge in [-0.3, -0.25) is 9.59 Å². The van der Waals surface area contributed by atoms with E-state index >= 15 is 0 Å². The standard InChI is InChI=1S/C17H18N2O4S2/c1-2-3-15(20)19-9-24-8-12(19)16(21)18-11-4-5-13-10(6-11)7-14(25-13)17(22)23/h4-7,12H,2-3,8-9H2,1H3,(H,18,21)(H,22,23). The van der Waals surface area contributed by atoms with Crippen LogP contribution in [0.1, 0.15) is 29.4 Å². The largest absolute Gasteiger partial charge is 0.477 e. The van der Waals surface area contributed by atoms with Gasteiger partial charge in [0.15, 0.2) is 0 Å². The number of carbonyl (C=O) groups excluding carboxylic acids is 2. The molecule has 0 bridgehead atoms. The van der Waals surface area contributed by atoms with E-state index in [2.05, 4.69) is 5.32 Å². The van der Waals surface area contributed by atoms with Gasteiger partial charge in [0, 0.05) is 22.6 Å². The zero-order chi connectivity index (χ0) is 18.0. The Kier molecular flexibility index (Phi) is 5.29. The Morgan fingerprint density at radius 3 is 2.84 bits per heavy atom. The molecule has 3 rings (SSSR count). The molecule has 1 atom stereocenters. The van der Waals surface area contributed by atoms with Gasteiger partial charge in [0.05, 0.1) is 5.88 Å². The van der Waals surface area contributed by atoms with E-state index in [0.29, 0.717) is 23.7 Å². The van der Waals surface area contributed by atoms with Crippen LogP contribution in [0.2, 0.25) is 0 Å². The van der Waals surface area contributed by atoms with Crippen molar-refractivity contribution in [3.63, 3.8) is 0 Å². The Labute approximate surface area is 153 Å². The number of thioether (sulfide) groups is 1. The maximum atomic E-state index is 12.6. The molecule has 25 heavy (non-hydrogen) atoms. The number of rotatable bonds is 5. The molecule has 1 aromatic heterocycles. The van der Waals surface area contributed by atoms with Gasteiger partial charge in [-0.25, -0.2) is 4.79 Å². The van der Waals surface area contributed by atoms with Gasteiger partial charge in [-0.2, -0.15) is 0 Å². The number of anilines is 1. The third-order valence-corrected chi connectivity index (χ3v) is 6.08. The topological polar surface area (TPSA) is 86.7 Å². The molecule has 132 valence electrons. The first kappa shape index (κ1) is 17.8. The van der Waals surface area contributed by atoms with E-state index in [1.807, 2.05) is 6.92 Å². The molecule has 8 heteroatoms. The van der Waals surface area contributed by atoms with Gasteiger partial charge in [0.25, 0.3) is 0 Å². The van der Waals surface area contributed by atoms with Crippen LogP contribution >= 0.6 is 23.1 Å². The smallest absolute Gasteiger partial charge is 0.345 e. The van der Waals surface area contributed by atoms with Crippen LogP contribution in [0.5, 0.6) is 0 Å². The molecular weight excluding hydrogens is 360 g/mol. The Morgan fingerprint density at radius 1 is 1.32 bits per heavy atom. The molecule has 1 unspecified atom stereocenters. The molecule has 6 nitrogen and oxygen atoms in total. The average molecular weight is 378 g/mol. The normalized spacial score (nSPS) is 17.0. The fourth-order valence-corrected chi connectivity index (χ4v) is 4.78. The third kappa shape index (κ3) is 3.80. The first-order chi connectivity index (χ1) is 12.0. The molecule has 2 amide bonds. The summed E-state index contributed by atoms with van der Waals surface area (Å²) in [5, 5.41) is 12.7. The highest BCUT2D eigenvalue weighted by Crippen LogP contribution is 2.29. The van der Waals surface area contributed by atoms with E-state index in [0.717, 1.165) is 16.5 Å². The van der Waals surface area contributed by atoms with E-state index in [1.165, 1.54) is 11.3 Å². The number of hydrogen-bond acceptors (Lipinski definition) is 5. The van der Waals surface area contributed by atoms with Gasteiger partial charge < -0.3 is 15.3 Å². The third-order valence-electron chi connectivity index (χ3n) is 3.96. The summed E-state index contributed by atoms with van der Waals surface area (Å²) in [5.74, 6) is -0.0254. The second-order valence-corrected chi connectivity index (χ2v) is 7.87. The summed E-state index contributed by atoms with van der Waals surface area (Å²) in [5.41, 5.74) is 0.604. The highest BCUT2D eigenvalue weighted by molar-refractivity contribution is 7.99. The highest BCUT2D eigenvalue weighted by atomic mass is 32.2. The van der Waals surface area contributed by atoms with E-state index < -0.39 is 12.0 Å². The minimum atomic E-state index is -0.958. The van der Waals surface area contributed by atoms with Crippen molar-refractivity contribution in [2.24, 2.45) is 0 Å². The van der Waals surface area contributed by atoms with Gasteiger partial charge in [-0.1, -0.05) is 6.92 Å². The van der Waals surface area contributed by atoms with Crippen LogP contribution in [0, 0.1) is 0 Å². The van der Waals surface area contributed by atoms with Crippen molar-refractivity contribution in [2.75, 3.05) is 16.9 Å². The van der Waals surface area contributed by atoms with Crippen LogP contribution in [0.15, 0.2) is 24.3 Å². The fourth-order valence-electron chi connectivity index (χ4n) is 2.72. The average Bonchev–Trinajstić information content (AvgIpc) is 3.21. The summed E-state index contributed by atoms with van der Waals surface area (Å²) in [4.78, 5) is 37.7. The number of carboxylic acid groups (broad SMARTS) is 1. The lowest BCUT2D eigenvalue weighted by Crippen LogP contribution is -2.44. The lowest BCUT2D eigenvalue weighted by atomic mass is 10.2. The Hall–Kier alpha value is -2.06. The second kappa shape index (κ2) is 7.45. The quantitative estimate of drug-likeness (QED) is 0.834. The monoisotopic (exact) mass is 378 g/mol. The Balaban J connectivity index is 1.74. The van der Waals surface area contributed by atoms with Crippen molar-refractivity contribution in [1.82, 2.24) is 4.90 Å². The number of amides is 2. The van der Waals surface area contributed by atoms with Crippen LogP contribution in [0.4, 0.5) is 5.69 Å². The Morgan fingerprint density at radius 2 is 2.12 bits per heavy atom. The van der Waals surface area contributed by atoms with Gasteiger partial charge in [0.1, 0.15) is 10.9 Å². The molecule has 1 aliphatic rings. The molecule has 1 aliphatic heterocycles. The summed E-state index contributed by atoms with van der Waals surface area (Å²) in [6, 6.07) is 6.45. The van der Waals surface area contributed by atoms with Crippen LogP contribution in [-0.4, -0.2) is 45.5 Å². The van der Waals surface area contributed by atoms with Gasteiger partial charge in [-0.05, 0) is 36.1 Å². The molecule has 1 fully saturated rings. The zero-order valence-electron chi connectivity index (χ0n) is 13.7. The van der Waals surface area contributed by atoms with Crippen molar-refractivity contribution in [2.45, 2.75) is 25.8 Å². The van der Waals surface area contributed by atoms with E-state index in [-0.39, 0.29) is 16.7 Å². The number of aromatic carboxylic acids is 1. The van der Waals surface area contributed by atoms with Crippen LogP contribution in [-0.2, 0) is 9.59 Å². The number of fused-ring (bicyclic) bond motifs is 1. The first-order valence-electron chi connectivity index (χ1n) is 7.94. The molecule has 2 N–H and O–H groups in total. The fraction of sp³-hybridized carbons (Fsp3) is 0.353. The highest BCUT2D eigenvalue weighted by Gasteiger charge is 2.34. The van der Waals surface area contributed by atoms with E-state index in [9.17, 15) is 14.4 Å². The summed E-state index contributed by atoms with van der Waals surface area (Å²) in [6.45, 7) is 1.94. The summed E-state index contributed by atoms with van der Waals surface area (Å²) < 4.78 is 0.853. The molecule has 0 spiro atoms. The number of nitrogens with zero attached hydrogens (tertiary/aromatic N) is 1.